The molecule has 6 nitrogen and oxygen atoms in total. The highest BCUT2D eigenvalue weighted by atomic mass is 32.2. The fourth-order valence-corrected chi connectivity index (χ4v) is 2.49. The molecule has 0 saturated heterocycles. The number of hydrogen-bond donors (Lipinski definition) is 0. The standard InChI is InChI=1S/C13H16N4O2S/c1-9(2)8-16-12(14-15-13(16)20-3)10-6-4-5-7-11(10)17(18)19/h4-7,9H,8H2,1-3H3. The number of hydrogen-bond acceptors (Lipinski definition) is 5. The first-order valence-corrected chi connectivity index (χ1v) is 7.48. The van der Waals surface area contributed by atoms with E-state index in [0.29, 0.717) is 17.3 Å². The summed E-state index contributed by atoms with van der Waals surface area (Å²) < 4.78 is 1.94. The molecule has 0 radical (unpaired) electrons. The monoisotopic (exact) mass is 292 g/mol. The number of rotatable bonds is 5. The van der Waals surface area contributed by atoms with E-state index < -0.39 is 0 Å². The molecule has 0 spiro atoms. The minimum absolute atomic E-state index is 0.0533. The molecule has 0 bridgehead atoms. The van der Waals surface area contributed by atoms with Crippen molar-refractivity contribution in [1.29, 1.82) is 0 Å². The summed E-state index contributed by atoms with van der Waals surface area (Å²) in [4.78, 5) is 10.8. The number of nitro benzene ring substituents is 1. The molecule has 0 atom stereocenters. The zero-order valence-corrected chi connectivity index (χ0v) is 12.4. The van der Waals surface area contributed by atoms with Crippen molar-refractivity contribution in [2.45, 2.75) is 25.5 Å². The lowest BCUT2D eigenvalue weighted by Gasteiger charge is -2.11. The summed E-state index contributed by atoms with van der Waals surface area (Å²) in [6, 6.07) is 6.63. The summed E-state index contributed by atoms with van der Waals surface area (Å²) in [7, 11) is 0. The minimum atomic E-state index is -0.386. The molecule has 7 heteroatoms. The van der Waals surface area contributed by atoms with Gasteiger partial charge in [0.2, 0.25) is 0 Å². The Hall–Kier alpha value is -1.89. The van der Waals surface area contributed by atoms with Crippen molar-refractivity contribution in [2.75, 3.05) is 6.26 Å². The van der Waals surface area contributed by atoms with Gasteiger partial charge in [0.1, 0.15) is 0 Å². The third-order valence-corrected chi connectivity index (χ3v) is 3.46. The van der Waals surface area contributed by atoms with E-state index >= 15 is 0 Å². The van der Waals surface area contributed by atoms with E-state index in [4.69, 9.17) is 0 Å². The zero-order chi connectivity index (χ0) is 14.7. The lowest BCUT2D eigenvalue weighted by Crippen LogP contribution is -2.08. The lowest BCUT2D eigenvalue weighted by molar-refractivity contribution is -0.384. The predicted molar refractivity (Wildman–Crippen MR) is 78.7 cm³/mol. The molecule has 0 saturated carbocycles. The Bertz CT molecular complexity index is 625. The Labute approximate surface area is 121 Å². The van der Waals surface area contributed by atoms with Gasteiger partial charge in [-0.3, -0.25) is 10.1 Å². The highest BCUT2D eigenvalue weighted by Crippen LogP contribution is 2.30. The van der Waals surface area contributed by atoms with Crippen LogP contribution < -0.4 is 0 Å². The van der Waals surface area contributed by atoms with E-state index in [9.17, 15) is 10.1 Å². The Morgan fingerprint density at radius 2 is 2.05 bits per heavy atom. The molecule has 2 rings (SSSR count). The highest BCUT2D eigenvalue weighted by molar-refractivity contribution is 7.98. The topological polar surface area (TPSA) is 73.8 Å². The Morgan fingerprint density at radius 3 is 2.65 bits per heavy atom. The first-order chi connectivity index (χ1) is 9.54. The fourth-order valence-electron chi connectivity index (χ4n) is 1.99. The lowest BCUT2D eigenvalue weighted by atomic mass is 10.1. The van der Waals surface area contributed by atoms with Gasteiger partial charge in [0.05, 0.1) is 10.5 Å². The maximum Gasteiger partial charge on any atom is 0.280 e. The van der Waals surface area contributed by atoms with Crippen LogP contribution in [0, 0.1) is 16.0 Å². The molecule has 1 aromatic carbocycles. The smallest absolute Gasteiger partial charge is 0.280 e. The van der Waals surface area contributed by atoms with Gasteiger partial charge in [-0.15, -0.1) is 10.2 Å². The van der Waals surface area contributed by atoms with Gasteiger partial charge in [-0.2, -0.15) is 0 Å². The third kappa shape index (κ3) is 2.82. The van der Waals surface area contributed by atoms with Crippen LogP contribution in [0.4, 0.5) is 5.69 Å². The molecule has 106 valence electrons. The van der Waals surface area contributed by atoms with Crippen LogP contribution in [0.2, 0.25) is 0 Å². The zero-order valence-electron chi connectivity index (χ0n) is 11.6. The second kappa shape index (κ2) is 6.04. The van der Waals surface area contributed by atoms with Gasteiger partial charge in [0.25, 0.3) is 5.69 Å². The van der Waals surface area contributed by atoms with E-state index in [1.165, 1.54) is 17.8 Å². The molecule has 0 aliphatic carbocycles. The molecule has 0 fully saturated rings. The number of para-hydroxylation sites is 1. The fraction of sp³-hybridized carbons (Fsp3) is 0.385. The van der Waals surface area contributed by atoms with Crippen molar-refractivity contribution < 1.29 is 4.92 Å². The molecule has 1 heterocycles. The summed E-state index contributed by atoms with van der Waals surface area (Å²) in [6.07, 6.45) is 1.92. The molecular formula is C13H16N4O2S. The van der Waals surface area contributed by atoms with E-state index in [0.717, 1.165) is 11.7 Å². The van der Waals surface area contributed by atoms with Crippen LogP contribution >= 0.6 is 11.8 Å². The Kier molecular flexibility index (Phi) is 4.39. The molecule has 2 aromatic rings. The van der Waals surface area contributed by atoms with Crippen LogP contribution in [-0.4, -0.2) is 25.9 Å². The molecule has 20 heavy (non-hydrogen) atoms. The van der Waals surface area contributed by atoms with Gasteiger partial charge in [0, 0.05) is 12.6 Å². The summed E-state index contributed by atoms with van der Waals surface area (Å²) in [5.41, 5.74) is 0.559. The van der Waals surface area contributed by atoms with Gasteiger partial charge in [-0.25, -0.2) is 0 Å². The molecule has 0 unspecified atom stereocenters. The third-order valence-electron chi connectivity index (χ3n) is 2.79. The molecule has 0 aliphatic rings. The summed E-state index contributed by atoms with van der Waals surface area (Å²) in [5.74, 6) is 0.953. The van der Waals surface area contributed by atoms with E-state index in [1.54, 1.807) is 18.2 Å². The SMILES string of the molecule is CSc1nnc(-c2ccccc2[N+](=O)[O-])n1CC(C)C. The van der Waals surface area contributed by atoms with Gasteiger partial charge in [-0.1, -0.05) is 37.7 Å². The average Bonchev–Trinajstić information content (AvgIpc) is 2.80. The first-order valence-electron chi connectivity index (χ1n) is 6.25. The van der Waals surface area contributed by atoms with Crippen LogP contribution in [0.1, 0.15) is 13.8 Å². The van der Waals surface area contributed by atoms with E-state index in [1.807, 2.05) is 10.8 Å². The molecule has 0 aliphatic heterocycles. The van der Waals surface area contributed by atoms with Crippen LogP contribution in [0.5, 0.6) is 0 Å². The Balaban J connectivity index is 2.58. The molecule has 1 aromatic heterocycles. The normalized spacial score (nSPS) is 11.0. The Morgan fingerprint density at radius 1 is 1.35 bits per heavy atom. The number of thioether (sulfide) groups is 1. The summed E-state index contributed by atoms with van der Waals surface area (Å²) in [5, 5.41) is 20.2. The van der Waals surface area contributed by atoms with Gasteiger partial charge in [-0.05, 0) is 18.2 Å². The minimum Gasteiger partial charge on any atom is -0.302 e. The largest absolute Gasteiger partial charge is 0.302 e. The highest BCUT2D eigenvalue weighted by Gasteiger charge is 2.21. The van der Waals surface area contributed by atoms with Crippen LogP contribution in [-0.2, 0) is 6.54 Å². The van der Waals surface area contributed by atoms with E-state index in [-0.39, 0.29) is 10.6 Å². The van der Waals surface area contributed by atoms with Crippen molar-refractivity contribution in [2.24, 2.45) is 5.92 Å². The summed E-state index contributed by atoms with van der Waals surface area (Å²) in [6.45, 7) is 4.91. The quantitative estimate of drug-likeness (QED) is 0.480. The number of nitrogens with zero attached hydrogens (tertiary/aromatic N) is 4. The first kappa shape index (κ1) is 14.5. The second-order valence-electron chi connectivity index (χ2n) is 4.79. The predicted octanol–water partition coefficient (Wildman–Crippen LogP) is 3.23. The van der Waals surface area contributed by atoms with Crippen molar-refractivity contribution in [3.8, 4) is 11.4 Å². The number of benzene rings is 1. The van der Waals surface area contributed by atoms with Gasteiger partial charge in [0.15, 0.2) is 11.0 Å². The van der Waals surface area contributed by atoms with Crippen molar-refractivity contribution in [1.82, 2.24) is 14.8 Å². The van der Waals surface area contributed by atoms with Gasteiger partial charge >= 0.3 is 0 Å². The van der Waals surface area contributed by atoms with E-state index in [2.05, 4.69) is 24.0 Å². The van der Waals surface area contributed by atoms with Crippen LogP contribution in [0.15, 0.2) is 29.4 Å². The number of aromatic nitrogens is 3. The molecule has 0 amide bonds. The van der Waals surface area contributed by atoms with Crippen molar-refractivity contribution in [3.63, 3.8) is 0 Å². The van der Waals surface area contributed by atoms with Crippen LogP contribution in [0.3, 0.4) is 0 Å². The van der Waals surface area contributed by atoms with Crippen LogP contribution in [0.25, 0.3) is 11.4 Å². The van der Waals surface area contributed by atoms with Crippen molar-refractivity contribution >= 4 is 17.4 Å². The van der Waals surface area contributed by atoms with Gasteiger partial charge < -0.3 is 4.57 Å². The average molecular weight is 292 g/mol. The molecule has 0 N–H and O–H groups in total. The summed E-state index contributed by atoms with van der Waals surface area (Å²) >= 11 is 1.49. The molecular weight excluding hydrogens is 276 g/mol. The second-order valence-corrected chi connectivity index (χ2v) is 5.56. The maximum absolute atomic E-state index is 11.1. The van der Waals surface area contributed by atoms with Crippen molar-refractivity contribution in [3.05, 3.63) is 34.4 Å². The maximum atomic E-state index is 11.1. The number of nitro groups is 1.